The highest BCUT2D eigenvalue weighted by atomic mass is 35.5. The van der Waals surface area contributed by atoms with Gasteiger partial charge in [0, 0.05) is 20.1 Å². The molecular weight excluding hydrogens is 387 g/mol. The van der Waals surface area contributed by atoms with Crippen LogP contribution in [0, 0.1) is 0 Å². The molecule has 0 bridgehead atoms. The molecule has 0 N–H and O–H groups in total. The maximum atomic E-state index is 6.46. The predicted molar refractivity (Wildman–Crippen MR) is 99.4 cm³/mol. The summed E-state index contributed by atoms with van der Waals surface area (Å²) in [5.41, 5.74) is 1.01. The topological polar surface area (TPSA) is 38.9 Å². The van der Waals surface area contributed by atoms with E-state index in [4.69, 9.17) is 39.2 Å². The Bertz CT molecular complexity index is 1040. The van der Waals surface area contributed by atoms with E-state index in [1.54, 1.807) is 0 Å². The summed E-state index contributed by atoms with van der Waals surface area (Å²) >= 11 is 20.0. The second-order valence-corrected chi connectivity index (χ2v) is 7.50. The number of nitrogens with zero attached hydrogens (tertiary/aromatic N) is 2. The molecule has 0 fully saturated rings. The lowest BCUT2D eigenvalue weighted by atomic mass is 10.1. The SMILES string of the molecule is Clc1cccc(Cc2nnc(-c3sc4cc(Cl)ccc4c3Cl)o2)c1. The normalized spacial score (nSPS) is 11.3. The van der Waals surface area contributed by atoms with Gasteiger partial charge in [0.05, 0.1) is 11.4 Å². The molecule has 3 nitrogen and oxygen atoms in total. The molecule has 0 unspecified atom stereocenters. The summed E-state index contributed by atoms with van der Waals surface area (Å²) in [4.78, 5) is 0.749. The van der Waals surface area contributed by atoms with Crippen molar-refractivity contribution in [3.05, 3.63) is 69.0 Å². The lowest BCUT2D eigenvalue weighted by Crippen LogP contribution is -1.87. The summed E-state index contributed by atoms with van der Waals surface area (Å²) in [5.74, 6) is 0.924. The van der Waals surface area contributed by atoms with Crippen LogP contribution in [0.15, 0.2) is 46.9 Å². The Labute approximate surface area is 156 Å². The van der Waals surface area contributed by atoms with Crippen LogP contribution >= 0.6 is 46.1 Å². The smallest absolute Gasteiger partial charge is 0.259 e. The largest absolute Gasteiger partial charge is 0.420 e. The minimum absolute atomic E-state index is 0.411. The molecule has 0 aliphatic rings. The van der Waals surface area contributed by atoms with Crippen molar-refractivity contribution in [3.63, 3.8) is 0 Å². The maximum Gasteiger partial charge on any atom is 0.259 e. The van der Waals surface area contributed by atoms with Gasteiger partial charge in [-0.3, -0.25) is 0 Å². The highest BCUT2D eigenvalue weighted by molar-refractivity contribution is 7.23. The van der Waals surface area contributed by atoms with Gasteiger partial charge in [-0.05, 0) is 29.8 Å². The zero-order valence-corrected chi connectivity index (χ0v) is 15.2. The van der Waals surface area contributed by atoms with Crippen LogP contribution in [-0.4, -0.2) is 10.2 Å². The molecule has 7 heteroatoms. The molecule has 4 aromatic rings. The molecule has 0 amide bonds. The second-order valence-electron chi connectivity index (χ2n) is 5.19. The Balaban J connectivity index is 1.68. The van der Waals surface area contributed by atoms with Crippen LogP contribution in [0.1, 0.15) is 11.5 Å². The molecular formula is C17H9Cl3N2OS. The van der Waals surface area contributed by atoms with E-state index in [2.05, 4.69) is 10.2 Å². The Kier molecular flexibility index (Phi) is 4.22. The first kappa shape index (κ1) is 15.9. The van der Waals surface area contributed by atoms with Gasteiger partial charge in [0.2, 0.25) is 5.89 Å². The number of aromatic nitrogens is 2. The van der Waals surface area contributed by atoms with Crippen molar-refractivity contribution in [2.75, 3.05) is 0 Å². The van der Waals surface area contributed by atoms with E-state index < -0.39 is 0 Å². The van der Waals surface area contributed by atoms with Crippen molar-refractivity contribution in [1.82, 2.24) is 10.2 Å². The highest BCUT2D eigenvalue weighted by Gasteiger charge is 2.18. The molecule has 4 rings (SSSR count). The predicted octanol–water partition coefficient (Wildman–Crippen LogP) is 6.50. The molecule has 120 valence electrons. The zero-order chi connectivity index (χ0) is 16.7. The van der Waals surface area contributed by atoms with E-state index in [0.717, 1.165) is 20.5 Å². The molecule has 0 radical (unpaired) electrons. The van der Waals surface area contributed by atoms with Gasteiger partial charge >= 0.3 is 0 Å². The summed E-state index contributed by atoms with van der Waals surface area (Å²) < 4.78 is 6.77. The van der Waals surface area contributed by atoms with Crippen molar-refractivity contribution in [3.8, 4) is 10.8 Å². The Hall–Kier alpha value is -1.59. The van der Waals surface area contributed by atoms with Gasteiger partial charge in [-0.1, -0.05) is 53.0 Å². The van der Waals surface area contributed by atoms with Gasteiger partial charge < -0.3 is 4.42 Å². The first-order chi connectivity index (χ1) is 11.6. The Morgan fingerprint density at radius 3 is 2.62 bits per heavy atom. The number of hydrogen-bond acceptors (Lipinski definition) is 4. The molecule has 0 saturated heterocycles. The number of rotatable bonds is 3. The summed E-state index contributed by atoms with van der Waals surface area (Å²) in [5, 5.41) is 11.1. The fourth-order valence-corrected chi connectivity index (χ4v) is 4.34. The van der Waals surface area contributed by atoms with Crippen LogP contribution in [0.4, 0.5) is 0 Å². The molecule has 2 heterocycles. The molecule has 0 aliphatic heterocycles. The van der Waals surface area contributed by atoms with Crippen LogP contribution < -0.4 is 0 Å². The minimum Gasteiger partial charge on any atom is -0.420 e. The van der Waals surface area contributed by atoms with E-state index >= 15 is 0 Å². The third-order valence-electron chi connectivity index (χ3n) is 3.50. The minimum atomic E-state index is 0.411. The number of thiophene rings is 1. The molecule has 24 heavy (non-hydrogen) atoms. The summed E-state index contributed by atoms with van der Waals surface area (Å²) in [6, 6.07) is 13.1. The molecule has 2 aromatic heterocycles. The van der Waals surface area contributed by atoms with Crippen molar-refractivity contribution >= 4 is 56.2 Å². The lowest BCUT2D eigenvalue weighted by molar-refractivity contribution is 0.519. The van der Waals surface area contributed by atoms with E-state index in [0.29, 0.717) is 33.3 Å². The highest BCUT2D eigenvalue weighted by Crippen LogP contribution is 2.42. The van der Waals surface area contributed by atoms with E-state index in [9.17, 15) is 0 Å². The van der Waals surface area contributed by atoms with Crippen LogP contribution in [-0.2, 0) is 6.42 Å². The molecule has 0 saturated carbocycles. The Morgan fingerprint density at radius 2 is 1.79 bits per heavy atom. The average Bonchev–Trinajstić information content (AvgIpc) is 3.12. The third kappa shape index (κ3) is 3.03. The summed E-state index contributed by atoms with van der Waals surface area (Å²) in [6.45, 7) is 0. The van der Waals surface area contributed by atoms with Crippen LogP contribution in [0.5, 0.6) is 0 Å². The second kappa shape index (κ2) is 6.37. The van der Waals surface area contributed by atoms with E-state index in [1.165, 1.54) is 11.3 Å². The quantitative estimate of drug-likeness (QED) is 0.397. The molecule has 0 spiro atoms. The number of fused-ring (bicyclic) bond motifs is 1. The lowest BCUT2D eigenvalue weighted by Gasteiger charge is -1.97. The van der Waals surface area contributed by atoms with Crippen molar-refractivity contribution in [2.45, 2.75) is 6.42 Å². The maximum absolute atomic E-state index is 6.46. The van der Waals surface area contributed by atoms with Crippen molar-refractivity contribution < 1.29 is 4.42 Å². The van der Waals surface area contributed by atoms with Gasteiger partial charge in [-0.2, -0.15) is 0 Å². The number of benzene rings is 2. The molecule has 0 atom stereocenters. The standard InChI is InChI=1S/C17H9Cl3N2OS/c18-10-3-1-2-9(6-10)7-14-21-22-17(23-14)16-15(20)12-5-4-11(19)8-13(12)24-16/h1-6,8H,7H2. The van der Waals surface area contributed by atoms with Gasteiger partial charge in [-0.15, -0.1) is 21.5 Å². The van der Waals surface area contributed by atoms with E-state index in [-0.39, 0.29) is 0 Å². The molecule has 2 aromatic carbocycles. The van der Waals surface area contributed by atoms with Gasteiger partial charge in [0.1, 0.15) is 4.88 Å². The monoisotopic (exact) mass is 394 g/mol. The fourth-order valence-electron chi connectivity index (χ4n) is 2.41. The first-order valence-corrected chi connectivity index (χ1v) is 9.00. The van der Waals surface area contributed by atoms with Crippen LogP contribution in [0.3, 0.4) is 0 Å². The third-order valence-corrected chi connectivity index (χ3v) is 5.61. The van der Waals surface area contributed by atoms with Crippen LogP contribution in [0.2, 0.25) is 15.1 Å². The van der Waals surface area contributed by atoms with Crippen LogP contribution in [0.25, 0.3) is 20.9 Å². The molecule has 0 aliphatic carbocycles. The van der Waals surface area contributed by atoms with Crippen molar-refractivity contribution in [1.29, 1.82) is 0 Å². The zero-order valence-electron chi connectivity index (χ0n) is 12.1. The summed E-state index contributed by atoms with van der Waals surface area (Å²) in [7, 11) is 0. The number of halogens is 3. The average molecular weight is 396 g/mol. The van der Waals surface area contributed by atoms with Gasteiger partial charge in [-0.25, -0.2) is 0 Å². The summed E-state index contributed by atoms with van der Waals surface area (Å²) in [6.07, 6.45) is 0.516. The van der Waals surface area contributed by atoms with E-state index in [1.807, 2.05) is 42.5 Å². The van der Waals surface area contributed by atoms with Crippen molar-refractivity contribution in [2.24, 2.45) is 0 Å². The number of hydrogen-bond donors (Lipinski definition) is 0. The first-order valence-electron chi connectivity index (χ1n) is 7.05. The Morgan fingerprint density at radius 1 is 0.958 bits per heavy atom. The van der Waals surface area contributed by atoms with Gasteiger partial charge in [0.15, 0.2) is 0 Å². The van der Waals surface area contributed by atoms with Gasteiger partial charge in [0.25, 0.3) is 5.89 Å². The fraction of sp³-hybridized carbons (Fsp3) is 0.0588.